The summed E-state index contributed by atoms with van der Waals surface area (Å²) in [6.45, 7) is 3.84. The number of aromatic nitrogens is 1. The van der Waals surface area contributed by atoms with Crippen molar-refractivity contribution >= 4 is 17.4 Å². The van der Waals surface area contributed by atoms with Gasteiger partial charge in [-0.2, -0.15) is 13.2 Å². The van der Waals surface area contributed by atoms with Gasteiger partial charge in [0.2, 0.25) is 0 Å². The summed E-state index contributed by atoms with van der Waals surface area (Å²) in [5, 5.41) is 2.63. The predicted molar refractivity (Wildman–Crippen MR) is 73.1 cm³/mol. The van der Waals surface area contributed by atoms with Crippen molar-refractivity contribution in [1.82, 2.24) is 4.98 Å². The number of unbranched alkanes of at least 4 members (excludes halogenated alkanes) is 1. The molecule has 0 amide bonds. The van der Waals surface area contributed by atoms with Crippen LogP contribution in [0.3, 0.4) is 0 Å². The van der Waals surface area contributed by atoms with Crippen LogP contribution in [-0.4, -0.2) is 24.7 Å². The molecule has 0 unspecified atom stereocenters. The lowest BCUT2D eigenvalue weighted by molar-refractivity contribution is -0.137. The standard InChI is InChI=1S/C13H18ClF3N2O/c1-2-3-6-20-7-4-5-18-12-9-10(13(15,16)17)8-11(14)19-12/h8-9H,2-7H2,1H3,(H,18,19). The molecule has 1 heterocycles. The van der Waals surface area contributed by atoms with E-state index in [9.17, 15) is 13.2 Å². The molecule has 1 N–H and O–H groups in total. The summed E-state index contributed by atoms with van der Waals surface area (Å²) in [5.74, 6) is 0.124. The molecule has 0 saturated carbocycles. The molecule has 1 aromatic heterocycles. The van der Waals surface area contributed by atoms with E-state index < -0.39 is 11.7 Å². The van der Waals surface area contributed by atoms with Crippen LogP contribution >= 0.6 is 11.6 Å². The molecule has 0 aliphatic rings. The number of nitrogens with zero attached hydrogens (tertiary/aromatic N) is 1. The third-order valence-corrected chi connectivity index (χ3v) is 2.73. The Morgan fingerprint density at radius 2 is 1.95 bits per heavy atom. The second-order valence-electron chi connectivity index (χ2n) is 4.31. The first-order valence-electron chi connectivity index (χ1n) is 6.50. The van der Waals surface area contributed by atoms with Crippen molar-refractivity contribution in [2.75, 3.05) is 25.1 Å². The monoisotopic (exact) mass is 310 g/mol. The fraction of sp³-hybridized carbons (Fsp3) is 0.615. The van der Waals surface area contributed by atoms with Gasteiger partial charge in [0, 0.05) is 19.8 Å². The van der Waals surface area contributed by atoms with Crippen molar-refractivity contribution in [3.63, 3.8) is 0 Å². The molecule has 0 bridgehead atoms. The first-order chi connectivity index (χ1) is 9.43. The van der Waals surface area contributed by atoms with E-state index >= 15 is 0 Å². The van der Waals surface area contributed by atoms with Gasteiger partial charge in [-0.3, -0.25) is 0 Å². The highest BCUT2D eigenvalue weighted by Gasteiger charge is 2.31. The Balaban J connectivity index is 2.39. The van der Waals surface area contributed by atoms with Crippen molar-refractivity contribution in [2.24, 2.45) is 0 Å². The van der Waals surface area contributed by atoms with Gasteiger partial charge in [-0.25, -0.2) is 4.98 Å². The van der Waals surface area contributed by atoms with E-state index in [1.54, 1.807) is 0 Å². The Bertz CT molecular complexity index is 413. The highest BCUT2D eigenvalue weighted by molar-refractivity contribution is 6.29. The summed E-state index contributed by atoms with van der Waals surface area (Å²) in [4.78, 5) is 3.81. The van der Waals surface area contributed by atoms with Gasteiger partial charge in [-0.1, -0.05) is 24.9 Å². The zero-order valence-corrected chi connectivity index (χ0v) is 12.0. The lowest BCUT2D eigenvalue weighted by Crippen LogP contribution is -2.10. The van der Waals surface area contributed by atoms with E-state index in [1.807, 2.05) is 0 Å². The van der Waals surface area contributed by atoms with Crippen molar-refractivity contribution in [2.45, 2.75) is 32.4 Å². The zero-order valence-electron chi connectivity index (χ0n) is 11.3. The van der Waals surface area contributed by atoms with Crippen molar-refractivity contribution < 1.29 is 17.9 Å². The molecule has 0 aliphatic heterocycles. The smallest absolute Gasteiger partial charge is 0.381 e. The fourth-order valence-corrected chi connectivity index (χ4v) is 1.70. The van der Waals surface area contributed by atoms with Crippen molar-refractivity contribution in [3.05, 3.63) is 22.8 Å². The van der Waals surface area contributed by atoms with Crippen LogP contribution in [0, 0.1) is 0 Å². The summed E-state index contributed by atoms with van der Waals surface area (Å²) in [6.07, 6.45) is -1.64. The minimum atomic E-state index is -4.42. The van der Waals surface area contributed by atoms with Gasteiger partial charge < -0.3 is 10.1 Å². The summed E-state index contributed by atoms with van der Waals surface area (Å²) in [7, 11) is 0. The molecule has 0 spiro atoms. The molecule has 1 aromatic rings. The van der Waals surface area contributed by atoms with E-state index in [2.05, 4.69) is 17.2 Å². The van der Waals surface area contributed by atoms with Gasteiger partial charge in [0.15, 0.2) is 0 Å². The number of alkyl halides is 3. The number of rotatable bonds is 8. The Hall–Kier alpha value is -1.01. The van der Waals surface area contributed by atoms with Crippen LogP contribution in [0.1, 0.15) is 31.7 Å². The van der Waals surface area contributed by atoms with Gasteiger partial charge >= 0.3 is 6.18 Å². The van der Waals surface area contributed by atoms with Gasteiger partial charge in [0.25, 0.3) is 0 Å². The van der Waals surface area contributed by atoms with Crippen LogP contribution in [-0.2, 0) is 10.9 Å². The lowest BCUT2D eigenvalue weighted by atomic mass is 10.2. The van der Waals surface area contributed by atoms with E-state index in [0.717, 1.165) is 25.0 Å². The van der Waals surface area contributed by atoms with E-state index in [1.165, 1.54) is 0 Å². The maximum atomic E-state index is 12.6. The van der Waals surface area contributed by atoms with Crippen LogP contribution in [0.2, 0.25) is 5.15 Å². The van der Waals surface area contributed by atoms with E-state index in [4.69, 9.17) is 16.3 Å². The molecule has 0 atom stereocenters. The Kier molecular flexibility index (Phi) is 7.09. The molecule has 20 heavy (non-hydrogen) atoms. The van der Waals surface area contributed by atoms with Gasteiger partial charge in [0.1, 0.15) is 11.0 Å². The average Bonchev–Trinajstić information content (AvgIpc) is 2.36. The third-order valence-electron chi connectivity index (χ3n) is 2.54. The van der Waals surface area contributed by atoms with Crippen LogP contribution in [0.25, 0.3) is 0 Å². The molecule has 0 saturated heterocycles. The maximum Gasteiger partial charge on any atom is 0.416 e. The topological polar surface area (TPSA) is 34.1 Å². The minimum Gasteiger partial charge on any atom is -0.381 e. The number of halogens is 4. The predicted octanol–water partition coefficient (Wildman–Crippen LogP) is 4.37. The third kappa shape index (κ3) is 6.43. The number of anilines is 1. The van der Waals surface area contributed by atoms with Crippen LogP contribution < -0.4 is 5.32 Å². The number of pyridine rings is 1. The SMILES string of the molecule is CCCCOCCCNc1cc(C(F)(F)F)cc(Cl)n1. The number of ether oxygens (including phenoxy) is 1. The number of hydrogen-bond acceptors (Lipinski definition) is 3. The molecule has 1 rings (SSSR count). The molecule has 0 aromatic carbocycles. The van der Waals surface area contributed by atoms with Crippen LogP contribution in [0.15, 0.2) is 12.1 Å². The van der Waals surface area contributed by atoms with Gasteiger partial charge in [-0.15, -0.1) is 0 Å². The van der Waals surface area contributed by atoms with Crippen LogP contribution in [0.4, 0.5) is 19.0 Å². The summed E-state index contributed by atoms with van der Waals surface area (Å²) in [5.41, 5.74) is -0.806. The Morgan fingerprint density at radius 1 is 1.25 bits per heavy atom. The second-order valence-corrected chi connectivity index (χ2v) is 4.70. The maximum absolute atomic E-state index is 12.6. The molecular formula is C13H18ClF3N2O. The van der Waals surface area contributed by atoms with Crippen molar-refractivity contribution in [1.29, 1.82) is 0 Å². The quantitative estimate of drug-likeness (QED) is 0.572. The largest absolute Gasteiger partial charge is 0.416 e. The Morgan fingerprint density at radius 3 is 2.60 bits per heavy atom. The van der Waals surface area contributed by atoms with Crippen LogP contribution in [0.5, 0.6) is 0 Å². The fourth-order valence-electron chi connectivity index (χ4n) is 1.49. The Labute approximate surface area is 121 Å². The summed E-state index contributed by atoms with van der Waals surface area (Å²) >= 11 is 5.58. The van der Waals surface area contributed by atoms with Gasteiger partial charge in [-0.05, 0) is 25.0 Å². The number of hydrogen-bond donors (Lipinski definition) is 1. The van der Waals surface area contributed by atoms with E-state index in [-0.39, 0.29) is 11.0 Å². The first kappa shape index (κ1) is 17.0. The van der Waals surface area contributed by atoms with Crippen molar-refractivity contribution in [3.8, 4) is 0 Å². The van der Waals surface area contributed by atoms with E-state index in [0.29, 0.717) is 26.2 Å². The average molecular weight is 311 g/mol. The number of nitrogens with one attached hydrogen (secondary N) is 1. The first-order valence-corrected chi connectivity index (χ1v) is 6.87. The zero-order chi connectivity index (χ0) is 15.0. The molecule has 3 nitrogen and oxygen atoms in total. The van der Waals surface area contributed by atoms with Gasteiger partial charge in [0.05, 0.1) is 5.56 Å². The molecule has 114 valence electrons. The highest BCUT2D eigenvalue weighted by Crippen LogP contribution is 2.31. The highest BCUT2D eigenvalue weighted by atomic mass is 35.5. The molecular weight excluding hydrogens is 293 g/mol. The second kappa shape index (κ2) is 8.32. The minimum absolute atomic E-state index is 0.124. The molecule has 0 radical (unpaired) electrons. The molecule has 7 heteroatoms. The molecule has 0 fully saturated rings. The lowest BCUT2D eigenvalue weighted by Gasteiger charge is -2.11. The summed E-state index contributed by atoms with van der Waals surface area (Å²) in [6, 6.07) is 1.75. The summed E-state index contributed by atoms with van der Waals surface area (Å²) < 4.78 is 43.1. The normalized spacial score (nSPS) is 11.7. The molecule has 0 aliphatic carbocycles.